The summed E-state index contributed by atoms with van der Waals surface area (Å²) in [5, 5.41) is 5.56. The molecular weight excluding hydrogens is 379 g/mol. The van der Waals surface area contributed by atoms with Crippen molar-refractivity contribution in [3.05, 3.63) is 64.1 Å². The summed E-state index contributed by atoms with van der Waals surface area (Å²) in [4.78, 5) is 35.8. The van der Waals surface area contributed by atoms with Crippen LogP contribution in [0.3, 0.4) is 0 Å². The van der Waals surface area contributed by atoms with E-state index >= 15 is 0 Å². The van der Waals surface area contributed by atoms with Gasteiger partial charge in [-0.1, -0.05) is 41.4 Å². The van der Waals surface area contributed by atoms with Crippen LogP contribution < -0.4 is 10.6 Å². The third-order valence-electron chi connectivity index (χ3n) is 3.29. The molecule has 0 bridgehead atoms. The molecule has 0 saturated carbocycles. The smallest absolute Gasteiger partial charge is 0.326 e. The van der Waals surface area contributed by atoms with E-state index in [4.69, 9.17) is 27.9 Å². The van der Waals surface area contributed by atoms with Gasteiger partial charge in [-0.05, 0) is 37.3 Å². The lowest BCUT2D eigenvalue weighted by Crippen LogP contribution is -2.35. The first-order chi connectivity index (χ1) is 12.4. The van der Waals surface area contributed by atoms with Gasteiger partial charge in [0.15, 0.2) is 6.10 Å². The normalized spacial score (nSPS) is 11.3. The molecule has 6 nitrogen and oxygen atoms in total. The second-order valence-electron chi connectivity index (χ2n) is 5.30. The second kappa shape index (κ2) is 9.22. The molecular formula is C18H16Cl2N2O4. The van der Waals surface area contributed by atoms with Crippen LogP contribution in [0, 0.1) is 0 Å². The standard InChI is InChI=1S/C18H16Cl2N2O4/c1-11(17(24)22-13-5-3-2-4-6-13)26-16(23)10-21-18(25)12-7-8-14(19)15(20)9-12/h2-9,11H,10H2,1H3,(H,21,25)(H,22,24)/t11-/m0/s1. The number of amides is 2. The van der Waals surface area contributed by atoms with Crippen molar-refractivity contribution in [1.29, 1.82) is 0 Å². The summed E-state index contributed by atoms with van der Waals surface area (Å²) >= 11 is 11.6. The molecule has 0 aliphatic carbocycles. The quantitative estimate of drug-likeness (QED) is 0.736. The molecule has 8 heteroatoms. The number of nitrogens with one attached hydrogen (secondary N) is 2. The van der Waals surface area contributed by atoms with Crippen molar-refractivity contribution in [3.63, 3.8) is 0 Å². The Morgan fingerprint density at radius 3 is 2.38 bits per heavy atom. The zero-order valence-electron chi connectivity index (χ0n) is 13.8. The number of rotatable bonds is 6. The first-order valence-corrected chi connectivity index (χ1v) is 8.41. The number of ether oxygens (including phenoxy) is 1. The minimum Gasteiger partial charge on any atom is -0.451 e. The summed E-state index contributed by atoms with van der Waals surface area (Å²) in [6.07, 6.45) is -1.01. The van der Waals surface area contributed by atoms with Crippen LogP contribution in [0.4, 0.5) is 5.69 Å². The molecule has 26 heavy (non-hydrogen) atoms. The zero-order valence-corrected chi connectivity index (χ0v) is 15.3. The maximum absolute atomic E-state index is 12.0. The number of para-hydroxylation sites is 1. The van der Waals surface area contributed by atoms with Gasteiger partial charge in [-0.25, -0.2) is 0 Å². The number of hydrogen-bond donors (Lipinski definition) is 2. The molecule has 2 aromatic carbocycles. The highest BCUT2D eigenvalue weighted by molar-refractivity contribution is 6.42. The Labute approximate surface area is 160 Å². The third kappa shape index (κ3) is 5.75. The highest BCUT2D eigenvalue weighted by atomic mass is 35.5. The second-order valence-corrected chi connectivity index (χ2v) is 6.11. The molecule has 0 saturated heterocycles. The van der Waals surface area contributed by atoms with Crippen LogP contribution in [-0.4, -0.2) is 30.4 Å². The summed E-state index contributed by atoms with van der Waals surface area (Å²) in [6.45, 7) is 1.05. The molecule has 2 N–H and O–H groups in total. The highest BCUT2D eigenvalue weighted by Gasteiger charge is 2.18. The summed E-state index contributed by atoms with van der Waals surface area (Å²) < 4.78 is 5.00. The van der Waals surface area contributed by atoms with Crippen molar-refractivity contribution in [3.8, 4) is 0 Å². The summed E-state index contributed by atoms with van der Waals surface area (Å²) in [6, 6.07) is 13.1. The molecule has 0 aliphatic rings. The number of hydrogen-bond acceptors (Lipinski definition) is 4. The van der Waals surface area contributed by atoms with E-state index < -0.39 is 23.9 Å². The SMILES string of the molecule is C[C@H](OC(=O)CNC(=O)c1ccc(Cl)c(Cl)c1)C(=O)Nc1ccccc1. The van der Waals surface area contributed by atoms with Crippen molar-refractivity contribution < 1.29 is 19.1 Å². The molecule has 2 rings (SSSR count). The number of esters is 1. The van der Waals surface area contributed by atoms with E-state index in [1.54, 1.807) is 24.3 Å². The van der Waals surface area contributed by atoms with E-state index in [0.717, 1.165) is 0 Å². The van der Waals surface area contributed by atoms with Crippen LogP contribution in [0.5, 0.6) is 0 Å². The Hall–Kier alpha value is -2.57. The first kappa shape index (κ1) is 19.8. The summed E-state index contributed by atoms with van der Waals surface area (Å²) in [5.74, 6) is -1.73. The lowest BCUT2D eigenvalue weighted by atomic mass is 10.2. The van der Waals surface area contributed by atoms with E-state index in [-0.39, 0.29) is 17.1 Å². The molecule has 0 aromatic heterocycles. The Morgan fingerprint density at radius 2 is 1.73 bits per heavy atom. The van der Waals surface area contributed by atoms with Crippen molar-refractivity contribution in [2.24, 2.45) is 0 Å². The number of halogens is 2. The third-order valence-corrected chi connectivity index (χ3v) is 4.03. The predicted octanol–water partition coefficient (Wildman–Crippen LogP) is 3.29. The Morgan fingerprint density at radius 1 is 1.04 bits per heavy atom. The maximum Gasteiger partial charge on any atom is 0.326 e. The lowest BCUT2D eigenvalue weighted by Gasteiger charge is -2.14. The van der Waals surface area contributed by atoms with E-state index in [0.29, 0.717) is 10.7 Å². The van der Waals surface area contributed by atoms with Crippen LogP contribution in [0.15, 0.2) is 48.5 Å². The van der Waals surface area contributed by atoms with E-state index in [9.17, 15) is 14.4 Å². The van der Waals surface area contributed by atoms with E-state index in [2.05, 4.69) is 10.6 Å². The number of benzene rings is 2. The monoisotopic (exact) mass is 394 g/mol. The molecule has 0 fully saturated rings. The average Bonchev–Trinajstić information content (AvgIpc) is 2.62. The number of carbonyl (C=O) groups is 3. The van der Waals surface area contributed by atoms with Gasteiger partial charge in [0.2, 0.25) is 0 Å². The van der Waals surface area contributed by atoms with Crippen LogP contribution >= 0.6 is 23.2 Å². The Bertz CT molecular complexity index is 812. The molecule has 0 heterocycles. The fraction of sp³-hybridized carbons (Fsp3) is 0.167. The van der Waals surface area contributed by atoms with Crippen molar-refractivity contribution >= 4 is 46.7 Å². The van der Waals surface area contributed by atoms with Gasteiger partial charge in [0.1, 0.15) is 6.54 Å². The van der Waals surface area contributed by atoms with Gasteiger partial charge >= 0.3 is 5.97 Å². The van der Waals surface area contributed by atoms with Gasteiger partial charge in [0, 0.05) is 11.3 Å². The molecule has 2 aromatic rings. The number of anilines is 1. The fourth-order valence-electron chi connectivity index (χ4n) is 1.95. The van der Waals surface area contributed by atoms with E-state index in [1.165, 1.54) is 25.1 Å². The van der Waals surface area contributed by atoms with Gasteiger partial charge in [-0.2, -0.15) is 0 Å². The zero-order chi connectivity index (χ0) is 19.1. The first-order valence-electron chi connectivity index (χ1n) is 7.65. The highest BCUT2D eigenvalue weighted by Crippen LogP contribution is 2.22. The van der Waals surface area contributed by atoms with Crippen molar-refractivity contribution in [2.75, 3.05) is 11.9 Å². The maximum atomic E-state index is 12.0. The molecule has 136 valence electrons. The number of carbonyl (C=O) groups excluding carboxylic acids is 3. The molecule has 2 amide bonds. The fourth-order valence-corrected chi connectivity index (χ4v) is 2.25. The Balaban J connectivity index is 1.81. The van der Waals surface area contributed by atoms with Crippen molar-refractivity contribution in [2.45, 2.75) is 13.0 Å². The van der Waals surface area contributed by atoms with E-state index in [1.807, 2.05) is 6.07 Å². The minimum absolute atomic E-state index is 0.230. The predicted molar refractivity (Wildman–Crippen MR) is 99.4 cm³/mol. The summed E-state index contributed by atoms with van der Waals surface area (Å²) in [5.41, 5.74) is 0.843. The molecule has 0 unspecified atom stereocenters. The van der Waals surface area contributed by atoms with Crippen LogP contribution in [-0.2, 0) is 14.3 Å². The lowest BCUT2D eigenvalue weighted by molar-refractivity contribution is -0.152. The van der Waals surface area contributed by atoms with Gasteiger partial charge in [0.05, 0.1) is 10.0 Å². The van der Waals surface area contributed by atoms with Gasteiger partial charge in [0.25, 0.3) is 11.8 Å². The molecule has 0 radical (unpaired) electrons. The van der Waals surface area contributed by atoms with Crippen LogP contribution in [0.25, 0.3) is 0 Å². The molecule has 0 spiro atoms. The largest absolute Gasteiger partial charge is 0.451 e. The van der Waals surface area contributed by atoms with Gasteiger partial charge in [-0.15, -0.1) is 0 Å². The summed E-state index contributed by atoms with van der Waals surface area (Å²) in [7, 11) is 0. The van der Waals surface area contributed by atoms with Crippen molar-refractivity contribution in [1.82, 2.24) is 5.32 Å². The van der Waals surface area contributed by atoms with Crippen LogP contribution in [0.1, 0.15) is 17.3 Å². The van der Waals surface area contributed by atoms with Crippen LogP contribution in [0.2, 0.25) is 10.0 Å². The van der Waals surface area contributed by atoms with Gasteiger partial charge in [-0.3, -0.25) is 14.4 Å². The van der Waals surface area contributed by atoms with Gasteiger partial charge < -0.3 is 15.4 Å². The topological polar surface area (TPSA) is 84.5 Å². The molecule has 1 atom stereocenters. The Kier molecular flexibility index (Phi) is 7.00. The minimum atomic E-state index is -1.01. The molecule has 0 aliphatic heterocycles. The average molecular weight is 395 g/mol.